The highest BCUT2D eigenvalue weighted by Crippen LogP contribution is 2.19. The van der Waals surface area contributed by atoms with Crippen molar-refractivity contribution < 1.29 is 10.2 Å². The van der Waals surface area contributed by atoms with Gasteiger partial charge in [0.1, 0.15) is 5.69 Å². The average Bonchev–Trinajstić information content (AvgIpc) is 2.26. The van der Waals surface area contributed by atoms with Gasteiger partial charge >= 0.3 is 0 Å². The van der Waals surface area contributed by atoms with E-state index in [0.29, 0.717) is 0 Å². The molecule has 4 heteroatoms. The third-order valence-corrected chi connectivity index (χ3v) is 2.64. The van der Waals surface area contributed by atoms with Gasteiger partial charge in [0.15, 0.2) is 0 Å². The molecule has 0 atom stereocenters. The lowest BCUT2D eigenvalue weighted by atomic mass is 10.1. The van der Waals surface area contributed by atoms with Gasteiger partial charge in [0.25, 0.3) is 0 Å². The summed E-state index contributed by atoms with van der Waals surface area (Å²) in [6.07, 6.45) is 0. The first-order chi connectivity index (χ1) is 8.12. The third-order valence-electron chi connectivity index (χ3n) is 2.64. The van der Waals surface area contributed by atoms with Crippen molar-refractivity contribution in [2.24, 2.45) is 0 Å². The first-order valence-corrected chi connectivity index (χ1v) is 6.29. The van der Waals surface area contributed by atoms with Crippen LogP contribution < -0.4 is 5.32 Å². The SMILES string of the molecule is CC(C)c1cccc(C(O)(O)CNC(C)(C)C)n1. The fraction of sp³-hybridized carbons (Fsp3) is 0.643. The van der Waals surface area contributed by atoms with E-state index in [1.807, 2.05) is 40.7 Å². The molecule has 1 aromatic rings. The molecular weight excluding hydrogens is 228 g/mol. The van der Waals surface area contributed by atoms with E-state index in [9.17, 15) is 10.2 Å². The maximum atomic E-state index is 10.1. The normalized spacial score (nSPS) is 13.1. The van der Waals surface area contributed by atoms with Crippen LogP contribution in [0.15, 0.2) is 18.2 Å². The molecule has 0 aliphatic carbocycles. The molecular formula is C14H24N2O2. The first-order valence-electron chi connectivity index (χ1n) is 6.29. The largest absolute Gasteiger partial charge is 0.360 e. The molecule has 0 unspecified atom stereocenters. The topological polar surface area (TPSA) is 65.4 Å². The number of nitrogens with one attached hydrogen (secondary N) is 1. The van der Waals surface area contributed by atoms with Crippen molar-refractivity contribution >= 4 is 0 Å². The second kappa shape index (κ2) is 5.34. The van der Waals surface area contributed by atoms with Crippen LogP contribution in [0.4, 0.5) is 0 Å². The van der Waals surface area contributed by atoms with Crippen molar-refractivity contribution in [3.05, 3.63) is 29.6 Å². The highest BCUT2D eigenvalue weighted by Gasteiger charge is 2.29. The quantitative estimate of drug-likeness (QED) is 0.714. The van der Waals surface area contributed by atoms with Gasteiger partial charge in [0.2, 0.25) is 5.79 Å². The number of pyridine rings is 1. The van der Waals surface area contributed by atoms with Crippen molar-refractivity contribution in [1.82, 2.24) is 10.3 Å². The Morgan fingerprint density at radius 3 is 2.33 bits per heavy atom. The van der Waals surface area contributed by atoms with Gasteiger partial charge in [-0.1, -0.05) is 19.9 Å². The average molecular weight is 252 g/mol. The van der Waals surface area contributed by atoms with Crippen LogP contribution in [-0.4, -0.2) is 27.3 Å². The van der Waals surface area contributed by atoms with Gasteiger partial charge < -0.3 is 15.5 Å². The lowest BCUT2D eigenvalue weighted by molar-refractivity contribution is -0.170. The Labute approximate surface area is 109 Å². The Morgan fingerprint density at radius 1 is 1.22 bits per heavy atom. The van der Waals surface area contributed by atoms with E-state index in [-0.39, 0.29) is 23.7 Å². The fourth-order valence-corrected chi connectivity index (χ4v) is 1.47. The molecule has 102 valence electrons. The predicted octanol–water partition coefficient (Wildman–Crippen LogP) is 1.73. The Bertz CT molecular complexity index is 395. The van der Waals surface area contributed by atoms with E-state index in [4.69, 9.17) is 0 Å². The summed E-state index contributed by atoms with van der Waals surface area (Å²) < 4.78 is 0. The Balaban J connectivity index is 2.87. The number of aromatic nitrogens is 1. The molecule has 4 nitrogen and oxygen atoms in total. The van der Waals surface area contributed by atoms with Gasteiger partial charge in [-0.15, -0.1) is 0 Å². The van der Waals surface area contributed by atoms with Gasteiger partial charge in [-0.3, -0.25) is 4.98 Å². The molecule has 1 aromatic heterocycles. The number of rotatable bonds is 4. The van der Waals surface area contributed by atoms with Gasteiger partial charge in [-0.2, -0.15) is 0 Å². The highest BCUT2D eigenvalue weighted by atomic mass is 16.5. The molecule has 0 aliphatic heterocycles. The van der Waals surface area contributed by atoms with E-state index < -0.39 is 5.79 Å². The van der Waals surface area contributed by atoms with Crippen LogP contribution in [0.3, 0.4) is 0 Å². The molecule has 3 N–H and O–H groups in total. The van der Waals surface area contributed by atoms with Crippen molar-refractivity contribution in [2.75, 3.05) is 6.54 Å². The van der Waals surface area contributed by atoms with Crippen LogP contribution in [0.5, 0.6) is 0 Å². The number of hydrogen-bond acceptors (Lipinski definition) is 4. The number of β-amino-alcohol motifs (C(OH)–C–C–N with tert-alkyl or cyclic N) is 2. The summed E-state index contributed by atoms with van der Waals surface area (Å²) in [5.74, 6) is -1.69. The molecule has 1 rings (SSSR count). The van der Waals surface area contributed by atoms with Crippen molar-refractivity contribution in [3.8, 4) is 0 Å². The molecule has 1 heterocycles. The number of aliphatic hydroxyl groups is 2. The molecule has 0 bridgehead atoms. The Kier molecular flexibility index (Phi) is 4.48. The van der Waals surface area contributed by atoms with E-state index in [0.717, 1.165) is 5.69 Å². The Hall–Kier alpha value is -0.970. The summed E-state index contributed by atoms with van der Waals surface area (Å²) in [7, 11) is 0. The highest BCUT2D eigenvalue weighted by molar-refractivity contribution is 5.17. The zero-order chi connectivity index (χ0) is 14.0. The minimum Gasteiger partial charge on any atom is -0.360 e. The third kappa shape index (κ3) is 4.37. The first kappa shape index (κ1) is 15.1. The molecule has 0 amide bonds. The maximum absolute atomic E-state index is 10.1. The predicted molar refractivity (Wildman–Crippen MR) is 72.2 cm³/mol. The minimum atomic E-state index is -1.95. The van der Waals surface area contributed by atoms with Gasteiger partial charge in [0, 0.05) is 11.2 Å². The molecule has 0 aliphatic rings. The zero-order valence-electron chi connectivity index (χ0n) is 11.9. The van der Waals surface area contributed by atoms with E-state index in [2.05, 4.69) is 10.3 Å². The molecule has 0 saturated heterocycles. The standard InChI is InChI=1S/C14H24N2O2/c1-10(2)11-7-6-8-12(16-11)14(17,18)9-15-13(3,4)5/h6-8,10,15,17-18H,9H2,1-5H3. The van der Waals surface area contributed by atoms with Crippen LogP contribution in [-0.2, 0) is 5.79 Å². The van der Waals surface area contributed by atoms with Crippen LogP contribution in [0.25, 0.3) is 0 Å². The van der Waals surface area contributed by atoms with Gasteiger partial charge in [-0.25, -0.2) is 0 Å². The summed E-state index contributed by atoms with van der Waals surface area (Å²) in [5, 5.41) is 23.2. The Morgan fingerprint density at radius 2 is 1.83 bits per heavy atom. The van der Waals surface area contributed by atoms with Crippen molar-refractivity contribution in [2.45, 2.75) is 51.9 Å². The second-order valence-electron chi connectivity index (χ2n) is 6.02. The molecule has 0 spiro atoms. The van der Waals surface area contributed by atoms with Crippen LogP contribution in [0.2, 0.25) is 0 Å². The van der Waals surface area contributed by atoms with Crippen molar-refractivity contribution in [1.29, 1.82) is 0 Å². The van der Waals surface area contributed by atoms with Crippen LogP contribution in [0.1, 0.15) is 51.9 Å². The fourth-order valence-electron chi connectivity index (χ4n) is 1.47. The lowest BCUT2D eigenvalue weighted by Crippen LogP contribution is -2.46. The van der Waals surface area contributed by atoms with Crippen LogP contribution >= 0.6 is 0 Å². The summed E-state index contributed by atoms with van der Waals surface area (Å²) in [6, 6.07) is 5.33. The molecule has 0 fully saturated rings. The molecule has 18 heavy (non-hydrogen) atoms. The maximum Gasteiger partial charge on any atom is 0.220 e. The smallest absolute Gasteiger partial charge is 0.220 e. The van der Waals surface area contributed by atoms with Gasteiger partial charge in [0.05, 0.1) is 6.54 Å². The molecule has 0 saturated carbocycles. The second-order valence-corrected chi connectivity index (χ2v) is 6.02. The molecule has 0 radical (unpaired) electrons. The summed E-state index contributed by atoms with van der Waals surface area (Å²) >= 11 is 0. The van der Waals surface area contributed by atoms with Gasteiger partial charge in [-0.05, 0) is 38.8 Å². The zero-order valence-corrected chi connectivity index (χ0v) is 11.9. The number of nitrogens with zero attached hydrogens (tertiary/aromatic N) is 1. The summed E-state index contributed by atoms with van der Waals surface area (Å²) in [4.78, 5) is 4.30. The lowest BCUT2D eigenvalue weighted by Gasteiger charge is -2.28. The van der Waals surface area contributed by atoms with Crippen molar-refractivity contribution in [3.63, 3.8) is 0 Å². The number of hydrogen-bond donors (Lipinski definition) is 3. The van der Waals surface area contributed by atoms with Crippen LogP contribution in [0, 0.1) is 0 Å². The van der Waals surface area contributed by atoms with E-state index in [1.165, 1.54) is 0 Å². The monoisotopic (exact) mass is 252 g/mol. The van der Waals surface area contributed by atoms with E-state index >= 15 is 0 Å². The molecule has 0 aromatic carbocycles. The van der Waals surface area contributed by atoms with E-state index in [1.54, 1.807) is 12.1 Å². The minimum absolute atomic E-state index is 0.0467. The summed E-state index contributed by atoms with van der Waals surface area (Å²) in [6.45, 7) is 10.0. The summed E-state index contributed by atoms with van der Waals surface area (Å²) in [5.41, 5.74) is 0.966.